The maximum atomic E-state index is 12.5. The predicted molar refractivity (Wildman–Crippen MR) is 84.6 cm³/mol. The van der Waals surface area contributed by atoms with E-state index in [1.54, 1.807) is 11.3 Å². The van der Waals surface area contributed by atoms with Crippen molar-refractivity contribution in [2.75, 3.05) is 5.32 Å². The summed E-state index contributed by atoms with van der Waals surface area (Å²) >= 11 is 7.53. The van der Waals surface area contributed by atoms with Crippen molar-refractivity contribution in [1.29, 1.82) is 0 Å². The molecule has 1 aromatic heterocycles. The lowest BCUT2D eigenvalue weighted by Gasteiger charge is -2.21. The van der Waals surface area contributed by atoms with Gasteiger partial charge in [0.2, 0.25) is 5.91 Å². The maximum Gasteiger partial charge on any atom is 0.231 e. The summed E-state index contributed by atoms with van der Waals surface area (Å²) in [5.74, 6) is 0.593. The van der Waals surface area contributed by atoms with Crippen LogP contribution in [0.2, 0.25) is 0 Å². The molecule has 1 aromatic carbocycles. The van der Waals surface area contributed by atoms with Gasteiger partial charge < -0.3 is 5.32 Å². The van der Waals surface area contributed by atoms with Gasteiger partial charge in [-0.1, -0.05) is 12.1 Å². The molecule has 1 unspecified atom stereocenters. The van der Waals surface area contributed by atoms with Crippen LogP contribution >= 0.6 is 22.9 Å². The monoisotopic (exact) mass is 305 g/mol. The number of hydrogen-bond donors (Lipinski definition) is 1. The Kier molecular flexibility index (Phi) is 4.08. The topological polar surface area (TPSA) is 29.1 Å². The average molecular weight is 306 g/mol. The van der Waals surface area contributed by atoms with Crippen LogP contribution in [-0.2, 0) is 17.1 Å². The molecule has 104 valence electrons. The zero-order valence-corrected chi connectivity index (χ0v) is 12.6. The van der Waals surface area contributed by atoms with Crippen LogP contribution in [0, 0.1) is 0 Å². The number of halogens is 1. The first kappa shape index (κ1) is 13.7. The van der Waals surface area contributed by atoms with E-state index in [1.807, 2.05) is 24.3 Å². The third-order valence-electron chi connectivity index (χ3n) is 3.74. The molecule has 1 atom stereocenters. The fraction of sp³-hybridized carbons (Fsp3) is 0.312. The van der Waals surface area contributed by atoms with E-state index in [2.05, 4.69) is 16.8 Å². The molecule has 2 nitrogen and oxygen atoms in total. The SMILES string of the molecule is O=C(Nc1ccc(CCl)cc1)C1CCCc2sccc21. The molecular weight excluding hydrogens is 290 g/mol. The number of carbonyl (C=O) groups excluding carboxylic acids is 1. The minimum Gasteiger partial charge on any atom is -0.326 e. The van der Waals surface area contributed by atoms with E-state index in [1.165, 1.54) is 10.4 Å². The molecule has 0 spiro atoms. The Bertz CT molecular complexity index is 605. The van der Waals surface area contributed by atoms with Gasteiger partial charge in [0, 0.05) is 16.4 Å². The first-order valence-corrected chi connectivity index (χ1v) is 8.21. The smallest absolute Gasteiger partial charge is 0.231 e. The highest BCUT2D eigenvalue weighted by Crippen LogP contribution is 2.35. The lowest BCUT2D eigenvalue weighted by atomic mass is 9.87. The van der Waals surface area contributed by atoms with Crippen LogP contribution in [-0.4, -0.2) is 5.91 Å². The Labute approximate surface area is 127 Å². The fourth-order valence-corrected chi connectivity index (χ4v) is 3.83. The number of alkyl halides is 1. The van der Waals surface area contributed by atoms with E-state index < -0.39 is 0 Å². The summed E-state index contributed by atoms with van der Waals surface area (Å²) in [6.45, 7) is 0. The highest BCUT2D eigenvalue weighted by Gasteiger charge is 2.27. The van der Waals surface area contributed by atoms with Crippen molar-refractivity contribution in [3.8, 4) is 0 Å². The number of amides is 1. The molecular formula is C16H16ClNOS. The average Bonchev–Trinajstić information content (AvgIpc) is 2.96. The number of nitrogens with one attached hydrogen (secondary N) is 1. The number of anilines is 1. The van der Waals surface area contributed by atoms with Crippen LogP contribution in [0.4, 0.5) is 5.69 Å². The molecule has 1 N–H and O–H groups in total. The Balaban J connectivity index is 1.74. The number of hydrogen-bond acceptors (Lipinski definition) is 2. The van der Waals surface area contributed by atoms with Crippen molar-refractivity contribution in [1.82, 2.24) is 0 Å². The van der Waals surface area contributed by atoms with Crippen molar-refractivity contribution in [3.05, 3.63) is 51.7 Å². The normalized spacial score (nSPS) is 17.6. The molecule has 4 heteroatoms. The van der Waals surface area contributed by atoms with E-state index in [0.29, 0.717) is 5.88 Å². The van der Waals surface area contributed by atoms with Crippen LogP contribution in [0.1, 0.15) is 34.8 Å². The van der Waals surface area contributed by atoms with Gasteiger partial charge in [-0.3, -0.25) is 4.79 Å². The van der Waals surface area contributed by atoms with Crippen LogP contribution in [0.3, 0.4) is 0 Å². The molecule has 2 aromatic rings. The lowest BCUT2D eigenvalue weighted by Crippen LogP contribution is -2.23. The summed E-state index contributed by atoms with van der Waals surface area (Å²) in [7, 11) is 0. The van der Waals surface area contributed by atoms with Crippen LogP contribution in [0.5, 0.6) is 0 Å². The Morgan fingerprint density at radius 1 is 1.30 bits per heavy atom. The fourth-order valence-electron chi connectivity index (χ4n) is 2.67. The number of thiophene rings is 1. The molecule has 0 fully saturated rings. The number of benzene rings is 1. The van der Waals surface area contributed by atoms with Crippen molar-refractivity contribution < 1.29 is 4.79 Å². The Morgan fingerprint density at radius 3 is 2.85 bits per heavy atom. The highest BCUT2D eigenvalue weighted by atomic mass is 35.5. The van der Waals surface area contributed by atoms with Gasteiger partial charge in [-0.25, -0.2) is 0 Å². The maximum absolute atomic E-state index is 12.5. The zero-order chi connectivity index (χ0) is 13.9. The van der Waals surface area contributed by atoms with Crippen LogP contribution in [0.25, 0.3) is 0 Å². The first-order chi connectivity index (χ1) is 9.78. The molecule has 0 saturated heterocycles. The van der Waals surface area contributed by atoms with E-state index in [-0.39, 0.29) is 11.8 Å². The second kappa shape index (κ2) is 5.98. The third-order valence-corrected chi connectivity index (χ3v) is 5.05. The molecule has 0 saturated carbocycles. The summed E-state index contributed by atoms with van der Waals surface area (Å²) < 4.78 is 0. The molecule has 1 aliphatic carbocycles. The van der Waals surface area contributed by atoms with Gasteiger partial charge in [0.15, 0.2) is 0 Å². The predicted octanol–water partition coefficient (Wildman–Crippen LogP) is 4.55. The second-order valence-corrected chi connectivity index (χ2v) is 6.33. The number of fused-ring (bicyclic) bond motifs is 1. The minimum atomic E-state index is -0.00213. The minimum absolute atomic E-state index is 0.00213. The molecule has 20 heavy (non-hydrogen) atoms. The summed E-state index contributed by atoms with van der Waals surface area (Å²) in [5, 5.41) is 5.11. The molecule has 1 aliphatic rings. The quantitative estimate of drug-likeness (QED) is 0.828. The molecule has 0 aliphatic heterocycles. The molecule has 0 bridgehead atoms. The molecule has 1 heterocycles. The Morgan fingerprint density at radius 2 is 2.10 bits per heavy atom. The van der Waals surface area contributed by atoms with Gasteiger partial charge >= 0.3 is 0 Å². The van der Waals surface area contributed by atoms with Gasteiger partial charge in [0.1, 0.15) is 0 Å². The summed E-state index contributed by atoms with van der Waals surface area (Å²) in [4.78, 5) is 13.8. The summed E-state index contributed by atoms with van der Waals surface area (Å²) in [6, 6.07) is 9.80. The second-order valence-electron chi connectivity index (χ2n) is 5.06. The van der Waals surface area contributed by atoms with Crippen molar-refractivity contribution >= 4 is 34.5 Å². The summed E-state index contributed by atoms with van der Waals surface area (Å²) in [5.41, 5.74) is 3.12. The first-order valence-electron chi connectivity index (χ1n) is 6.80. The van der Waals surface area contributed by atoms with Gasteiger partial charge in [-0.05, 0) is 54.0 Å². The lowest BCUT2D eigenvalue weighted by molar-refractivity contribution is -0.117. The van der Waals surface area contributed by atoms with E-state index >= 15 is 0 Å². The molecule has 3 rings (SSSR count). The number of rotatable bonds is 3. The zero-order valence-electron chi connectivity index (χ0n) is 11.1. The van der Waals surface area contributed by atoms with Crippen molar-refractivity contribution in [2.45, 2.75) is 31.1 Å². The molecule has 0 radical (unpaired) electrons. The number of carbonyl (C=O) groups is 1. The van der Waals surface area contributed by atoms with Gasteiger partial charge in [-0.15, -0.1) is 22.9 Å². The molecule has 1 amide bonds. The highest BCUT2D eigenvalue weighted by molar-refractivity contribution is 7.10. The third kappa shape index (κ3) is 2.74. The summed E-state index contributed by atoms with van der Waals surface area (Å²) in [6.07, 6.45) is 3.15. The van der Waals surface area contributed by atoms with Crippen molar-refractivity contribution in [3.63, 3.8) is 0 Å². The van der Waals surface area contributed by atoms with E-state index in [4.69, 9.17) is 11.6 Å². The largest absolute Gasteiger partial charge is 0.326 e. The van der Waals surface area contributed by atoms with Crippen molar-refractivity contribution in [2.24, 2.45) is 0 Å². The Hall–Kier alpha value is -1.32. The van der Waals surface area contributed by atoms with E-state index in [0.717, 1.165) is 30.5 Å². The number of aryl methyl sites for hydroxylation is 1. The van der Waals surface area contributed by atoms with Gasteiger partial charge in [0.05, 0.1) is 5.92 Å². The van der Waals surface area contributed by atoms with E-state index in [9.17, 15) is 4.79 Å². The van der Waals surface area contributed by atoms with Gasteiger partial charge in [0.25, 0.3) is 0 Å². The van der Waals surface area contributed by atoms with Crippen LogP contribution in [0.15, 0.2) is 35.7 Å². The van der Waals surface area contributed by atoms with Crippen LogP contribution < -0.4 is 5.32 Å². The standard InChI is InChI=1S/C16H16ClNOS/c17-10-11-4-6-12(7-5-11)18-16(19)14-2-1-3-15-13(14)8-9-20-15/h4-9,14H,1-3,10H2,(H,18,19). The van der Waals surface area contributed by atoms with Gasteiger partial charge in [-0.2, -0.15) is 0 Å².